The molecule has 0 atom stereocenters. The number of hydrogen-bond acceptors (Lipinski definition) is 4. The van der Waals surface area contributed by atoms with Crippen molar-refractivity contribution in [3.8, 4) is 5.75 Å². The highest BCUT2D eigenvalue weighted by Gasteiger charge is 2.16. The van der Waals surface area contributed by atoms with Gasteiger partial charge in [0.25, 0.3) is 5.91 Å². The van der Waals surface area contributed by atoms with Crippen molar-refractivity contribution in [3.05, 3.63) is 64.7 Å². The Balaban J connectivity index is 1.57. The van der Waals surface area contributed by atoms with Crippen LogP contribution < -0.4 is 4.74 Å². The molecule has 136 valence electrons. The van der Waals surface area contributed by atoms with E-state index in [-0.39, 0.29) is 12.6 Å². The molecule has 3 aromatic rings. The number of aryl methyl sites for hydroxylation is 1. The van der Waals surface area contributed by atoms with Crippen LogP contribution in [0.3, 0.4) is 0 Å². The molecule has 0 unspecified atom stereocenters. The summed E-state index contributed by atoms with van der Waals surface area (Å²) in [7, 11) is 1.74. The predicted molar refractivity (Wildman–Crippen MR) is 101 cm³/mol. The maximum absolute atomic E-state index is 12.5. The minimum atomic E-state index is -0.154. The molecule has 0 radical (unpaired) electrons. The molecule has 7 nitrogen and oxygen atoms in total. The Hall–Kier alpha value is -2.61. The van der Waals surface area contributed by atoms with E-state index < -0.39 is 0 Å². The molecule has 1 amide bonds. The van der Waals surface area contributed by atoms with Gasteiger partial charge in [-0.05, 0) is 43.3 Å². The van der Waals surface area contributed by atoms with Gasteiger partial charge >= 0.3 is 0 Å². The minimum Gasteiger partial charge on any atom is -0.471 e. The van der Waals surface area contributed by atoms with Gasteiger partial charge in [-0.15, -0.1) is 0 Å². The fourth-order valence-corrected chi connectivity index (χ4v) is 2.66. The van der Waals surface area contributed by atoms with Crippen molar-refractivity contribution in [2.45, 2.75) is 26.7 Å². The predicted octanol–water partition coefficient (Wildman–Crippen LogP) is 3.17. The fourth-order valence-electron chi connectivity index (χ4n) is 2.39. The molecule has 3 rings (SSSR count). The summed E-state index contributed by atoms with van der Waals surface area (Å²) >= 11 is 3.38. The van der Waals surface area contributed by atoms with E-state index in [0.29, 0.717) is 12.2 Å². The molecule has 0 aliphatic carbocycles. The first-order valence-corrected chi connectivity index (χ1v) is 9.04. The number of amides is 1. The summed E-state index contributed by atoms with van der Waals surface area (Å²) < 4.78 is 10.1. The minimum absolute atomic E-state index is 0.154. The SMILES string of the molecule is CCn1ccc(CN(C)C(=O)c2ccn(COc3ccc(Br)cc3)n2)n1. The largest absolute Gasteiger partial charge is 0.471 e. The van der Waals surface area contributed by atoms with Crippen LogP contribution in [0.15, 0.2) is 53.3 Å². The first-order valence-electron chi connectivity index (χ1n) is 8.25. The highest BCUT2D eigenvalue weighted by atomic mass is 79.9. The van der Waals surface area contributed by atoms with E-state index in [1.54, 1.807) is 28.9 Å². The lowest BCUT2D eigenvalue weighted by Gasteiger charge is -2.14. The van der Waals surface area contributed by atoms with Gasteiger partial charge in [0, 0.05) is 30.5 Å². The average Bonchev–Trinajstić information content (AvgIpc) is 3.30. The van der Waals surface area contributed by atoms with E-state index >= 15 is 0 Å². The Morgan fingerprint density at radius 2 is 1.85 bits per heavy atom. The van der Waals surface area contributed by atoms with Gasteiger partial charge in [0.1, 0.15) is 5.75 Å². The van der Waals surface area contributed by atoms with Crippen LogP contribution in [0, 0.1) is 0 Å². The molecular formula is C18H20BrN5O2. The van der Waals surface area contributed by atoms with Crippen LogP contribution in [-0.4, -0.2) is 37.4 Å². The van der Waals surface area contributed by atoms with E-state index in [9.17, 15) is 4.79 Å². The van der Waals surface area contributed by atoms with Crippen LogP contribution in [-0.2, 0) is 19.8 Å². The van der Waals surface area contributed by atoms with Crippen molar-refractivity contribution >= 4 is 21.8 Å². The van der Waals surface area contributed by atoms with Crippen LogP contribution in [0.2, 0.25) is 0 Å². The number of benzene rings is 1. The molecule has 2 heterocycles. The van der Waals surface area contributed by atoms with Gasteiger partial charge in [0.2, 0.25) is 0 Å². The van der Waals surface area contributed by atoms with E-state index in [1.807, 2.05) is 48.1 Å². The third-order valence-electron chi connectivity index (χ3n) is 3.80. The lowest BCUT2D eigenvalue weighted by Crippen LogP contribution is -2.27. The maximum atomic E-state index is 12.5. The van der Waals surface area contributed by atoms with Crippen molar-refractivity contribution in [2.24, 2.45) is 0 Å². The monoisotopic (exact) mass is 417 g/mol. The standard InChI is InChI=1S/C18H20BrN5O2/c1-3-23-10-8-15(20-23)12-22(2)18(25)17-9-11-24(21-17)13-26-16-6-4-14(19)5-7-16/h4-11H,3,12-13H2,1-2H3. The summed E-state index contributed by atoms with van der Waals surface area (Å²) in [6.07, 6.45) is 3.63. The highest BCUT2D eigenvalue weighted by Crippen LogP contribution is 2.16. The van der Waals surface area contributed by atoms with Crippen LogP contribution >= 0.6 is 15.9 Å². The van der Waals surface area contributed by atoms with Gasteiger partial charge in [-0.1, -0.05) is 15.9 Å². The Kier molecular flexibility index (Phi) is 5.72. The number of ether oxygens (including phenoxy) is 1. The second-order valence-electron chi connectivity index (χ2n) is 5.79. The van der Waals surface area contributed by atoms with Crippen LogP contribution in [0.25, 0.3) is 0 Å². The summed E-state index contributed by atoms with van der Waals surface area (Å²) in [5, 5.41) is 8.69. The zero-order valence-electron chi connectivity index (χ0n) is 14.7. The number of carbonyl (C=O) groups is 1. The topological polar surface area (TPSA) is 65.2 Å². The first kappa shape index (κ1) is 18.2. The molecule has 0 saturated heterocycles. The van der Waals surface area contributed by atoms with E-state index in [2.05, 4.69) is 26.1 Å². The van der Waals surface area contributed by atoms with Crippen LogP contribution in [0.5, 0.6) is 5.75 Å². The smallest absolute Gasteiger partial charge is 0.274 e. The van der Waals surface area contributed by atoms with E-state index in [4.69, 9.17) is 4.74 Å². The molecule has 0 aliphatic heterocycles. The quantitative estimate of drug-likeness (QED) is 0.591. The Morgan fingerprint density at radius 3 is 2.54 bits per heavy atom. The number of rotatable bonds is 7. The average molecular weight is 418 g/mol. The molecule has 0 N–H and O–H groups in total. The Labute approximate surface area is 160 Å². The maximum Gasteiger partial charge on any atom is 0.274 e. The number of carbonyl (C=O) groups excluding carboxylic acids is 1. The highest BCUT2D eigenvalue weighted by molar-refractivity contribution is 9.10. The Bertz CT molecular complexity index is 872. The second-order valence-corrected chi connectivity index (χ2v) is 6.71. The summed E-state index contributed by atoms with van der Waals surface area (Å²) in [5.41, 5.74) is 1.22. The zero-order chi connectivity index (χ0) is 18.5. The third-order valence-corrected chi connectivity index (χ3v) is 4.33. The van der Waals surface area contributed by atoms with Crippen molar-refractivity contribution in [3.63, 3.8) is 0 Å². The molecule has 8 heteroatoms. The molecule has 2 aromatic heterocycles. The molecule has 1 aromatic carbocycles. The zero-order valence-corrected chi connectivity index (χ0v) is 16.3. The summed E-state index contributed by atoms with van der Waals surface area (Å²) in [6, 6.07) is 11.1. The van der Waals surface area contributed by atoms with Gasteiger partial charge in [-0.3, -0.25) is 9.48 Å². The molecule has 26 heavy (non-hydrogen) atoms. The van der Waals surface area contributed by atoms with Crippen molar-refractivity contribution in [1.82, 2.24) is 24.5 Å². The number of hydrogen-bond donors (Lipinski definition) is 0. The van der Waals surface area contributed by atoms with Gasteiger partial charge < -0.3 is 9.64 Å². The fraction of sp³-hybridized carbons (Fsp3) is 0.278. The van der Waals surface area contributed by atoms with Crippen molar-refractivity contribution in [2.75, 3.05) is 7.05 Å². The molecule has 0 saturated carbocycles. The third kappa shape index (κ3) is 4.51. The number of halogens is 1. The lowest BCUT2D eigenvalue weighted by atomic mass is 10.3. The molecule has 0 spiro atoms. The van der Waals surface area contributed by atoms with Gasteiger partial charge in [0.05, 0.1) is 12.2 Å². The second kappa shape index (κ2) is 8.18. The molecule has 0 aliphatic rings. The number of nitrogens with zero attached hydrogens (tertiary/aromatic N) is 5. The summed E-state index contributed by atoms with van der Waals surface area (Å²) in [4.78, 5) is 14.1. The molecular weight excluding hydrogens is 398 g/mol. The van der Waals surface area contributed by atoms with Gasteiger partial charge in [0.15, 0.2) is 12.4 Å². The van der Waals surface area contributed by atoms with Gasteiger partial charge in [-0.25, -0.2) is 4.68 Å². The van der Waals surface area contributed by atoms with Crippen molar-refractivity contribution in [1.29, 1.82) is 0 Å². The Morgan fingerprint density at radius 1 is 1.12 bits per heavy atom. The van der Waals surface area contributed by atoms with E-state index in [1.165, 1.54) is 0 Å². The lowest BCUT2D eigenvalue weighted by molar-refractivity contribution is 0.0775. The normalized spacial score (nSPS) is 10.7. The van der Waals surface area contributed by atoms with E-state index in [0.717, 1.165) is 22.5 Å². The van der Waals surface area contributed by atoms with Gasteiger partial charge in [-0.2, -0.15) is 10.2 Å². The number of aromatic nitrogens is 4. The summed E-state index contributed by atoms with van der Waals surface area (Å²) in [5.74, 6) is 0.582. The van der Waals surface area contributed by atoms with Crippen molar-refractivity contribution < 1.29 is 9.53 Å². The molecule has 0 fully saturated rings. The van der Waals surface area contributed by atoms with Crippen LogP contribution in [0.1, 0.15) is 23.1 Å². The first-order chi connectivity index (χ1) is 12.5. The molecule has 0 bridgehead atoms. The van der Waals surface area contributed by atoms with Crippen LogP contribution in [0.4, 0.5) is 0 Å². The summed E-state index contributed by atoms with van der Waals surface area (Å²) in [6.45, 7) is 3.50.